The monoisotopic (exact) mass is 560 g/mol. The van der Waals surface area contributed by atoms with E-state index in [0.29, 0.717) is 33.0 Å². The molecule has 1 N–H and O–H groups in total. The molecular weight excluding hydrogens is 540 g/mol. The average Bonchev–Trinajstić information content (AvgIpc) is 3.61. The zero-order valence-electron chi connectivity index (χ0n) is 21.4. The summed E-state index contributed by atoms with van der Waals surface area (Å²) in [5.41, 5.74) is 2.24. The van der Waals surface area contributed by atoms with Crippen LogP contribution in [0.4, 0.5) is 0 Å². The first-order chi connectivity index (χ1) is 19.4. The van der Waals surface area contributed by atoms with Crippen LogP contribution in [0.1, 0.15) is 41.4 Å². The van der Waals surface area contributed by atoms with E-state index in [9.17, 15) is 19.2 Å². The molecule has 0 unspecified atom stereocenters. The van der Waals surface area contributed by atoms with Crippen molar-refractivity contribution in [3.8, 4) is 20.9 Å². The van der Waals surface area contributed by atoms with E-state index in [0.717, 1.165) is 41.1 Å². The van der Waals surface area contributed by atoms with E-state index in [1.165, 1.54) is 36.8 Å². The number of hydrogen-bond donors (Lipinski definition) is 1. The van der Waals surface area contributed by atoms with Crippen molar-refractivity contribution in [2.75, 3.05) is 14.1 Å². The number of nitrogens with zero attached hydrogens (tertiary/aromatic N) is 1. The molecule has 40 heavy (non-hydrogen) atoms. The molecule has 0 fully saturated rings. The highest BCUT2D eigenvalue weighted by atomic mass is 32.1. The number of hydrogen-bond acceptors (Lipinski definition) is 6. The van der Waals surface area contributed by atoms with Crippen LogP contribution in [0.15, 0.2) is 72.8 Å². The molecule has 1 aliphatic heterocycles. The van der Waals surface area contributed by atoms with E-state index in [4.69, 9.17) is 0 Å². The van der Waals surface area contributed by atoms with Crippen molar-refractivity contribution in [2.24, 2.45) is 0 Å². The summed E-state index contributed by atoms with van der Waals surface area (Å²) in [7, 11) is 2.99. The quantitative estimate of drug-likeness (QED) is 0.186. The zero-order valence-corrected chi connectivity index (χ0v) is 23.0. The third kappa shape index (κ3) is 3.40. The molecule has 2 aromatic heterocycles. The van der Waals surface area contributed by atoms with E-state index >= 15 is 0 Å². The second kappa shape index (κ2) is 8.94. The third-order valence-corrected chi connectivity index (χ3v) is 9.77. The summed E-state index contributed by atoms with van der Waals surface area (Å²) >= 11 is 3.01. The normalized spacial score (nSPS) is 13.0. The molecule has 6 nitrogen and oxygen atoms in total. The molecule has 0 radical (unpaired) electrons. The largest absolute Gasteiger partial charge is 0.355 e. The number of rotatable bonds is 4. The molecule has 194 valence electrons. The molecule has 0 saturated carbocycles. The van der Waals surface area contributed by atoms with Crippen LogP contribution < -0.4 is 5.32 Å². The van der Waals surface area contributed by atoms with Gasteiger partial charge in [-0.1, -0.05) is 36.4 Å². The summed E-state index contributed by atoms with van der Waals surface area (Å²) < 4.78 is 2.07. The maximum atomic E-state index is 13.8. The lowest BCUT2D eigenvalue weighted by Crippen LogP contribution is -2.38. The first kappa shape index (κ1) is 24.4. The molecule has 6 aromatic rings. The van der Waals surface area contributed by atoms with Crippen molar-refractivity contribution < 1.29 is 19.2 Å². The van der Waals surface area contributed by atoms with Gasteiger partial charge in [0.25, 0.3) is 17.7 Å². The molecule has 0 bridgehead atoms. The van der Waals surface area contributed by atoms with Crippen LogP contribution in [-0.2, 0) is 0 Å². The molecule has 0 atom stereocenters. The zero-order chi connectivity index (χ0) is 27.7. The molecule has 4 aromatic carbocycles. The fourth-order valence-corrected chi connectivity index (χ4v) is 7.73. The maximum absolute atomic E-state index is 13.8. The lowest BCUT2D eigenvalue weighted by atomic mass is 9.83. The minimum atomic E-state index is -0.473. The van der Waals surface area contributed by atoms with Crippen LogP contribution in [-0.4, -0.2) is 43.0 Å². The Morgan fingerprint density at radius 2 is 1.38 bits per heavy atom. The van der Waals surface area contributed by atoms with Gasteiger partial charge in [-0.2, -0.15) is 0 Å². The highest BCUT2D eigenvalue weighted by Crippen LogP contribution is 2.46. The summed E-state index contributed by atoms with van der Waals surface area (Å²) in [5.74, 6) is -1.35. The Hall–Kier alpha value is -4.66. The molecule has 1 aliphatic rings. The Labute approximate surface area is 236 Å². The Morgan fingerprint density at radius 1 is 0.775 bits per heavy atom. The predicted octanol–water partition coefficient (Wildman–Crippen LogP) is 7.00. The Morgan fingerprint density at radius 3 is 1.95 bits per heavy atom. The lowest BCUT2D eigenvalue weighted by molar-refractivity contribution is 0.0650. The second-order valence-electron chi connectivity index (χ2n) is 9.65. The van der Waals surface area contributed by atoms with Crippen LogP contribution in [0.25, 0.3) is 51.8 Å². The Bertz CT molecular complexity index is 2030. The highest BCUT2D eigenvalue weighted by Gasteiger charge is 2.37. The minimum Gasteiger partial charge on any atom is -0.355 e. The van der Waals surface area contributed by atoms with Gasteiger partial charge in [0.1, 0.15) is 0 Å². The van der Waals surface area contributed by atoms with Crippen LogP contribution >= 0.6 is 22.7 Å². The van der Waals surface area contributed by atoms with E-state index in [1.807, 2.05) is 60.7 Å². The molecule has 0 saturated heterocycles. The highest BCUT2D eigenvalue weighted by molar-refractivity contribution is 7.22. The number of aldehydes is 1. The fraction of sp³-hybridized carbons (Fsp3) is 0.0625. The second-order valence-corrected chi connectivity index (χ2v) is 11.8. The molecule has 7 rings (SSSR count). The van der Waals surface area contributed by atoms with Crippen LogP contribution in [0.3, 0.4) is 0 Å². The topological polar surface area (TPSA) is 83.6 Å². The standard InChI is InChI=1S/C32H20N2O4S2/c1-33-30(36)20-14-19(26-12-17-8-4-6-10-24(17)40-26)29-28-21(31(37)34(2)32(29)38)13-18(22(15-35)27(20)28)25-11-16-7-3-5-9-23(16)39-25/h3-15H,1-2H3,(H,33,36). The number of imide groups is 1. The van der Waals surface area contributed by atoms with Gasteiger partial charge in [0.05, 0.1) is 5.56 Å². The van der Waals surface area contributed by atoms with Crippen LogP contribution in [0.5, 0.6) is 0 Å². The first-order valence-corrected chi connectivity index (χ1v) is 14.2. The van der Waals surface area contributed by atoms with Crippen molar-refractivity contribution in [3.05, 3.63) is 95.1 Å². The van der Waals surface area contributed by atoms with E-state index < -0.39 is 17.7 Å². The van der Waals surface area contributed by atoms with Crippen molar-refractivity contribution in [1.82, 2.24) is 10.2 Å². The van der Waals surface area contributed by atoms with Gasteiger partial charge in [0, 0.05) is 71.8 Å². The summed E-state index contributed by atoms with van der Waals surface area (Å²) in [4.78, 5) is 56.3. The van der Waals surface area contributed by atoms with Crippen LogP contribution in [0.2, 0.25) is 0 Å². The molecule has 3 heterocycles. The molecule has 8 heteroatoms. The number of thiophene rings is 2. The summed E-state index contributed by atoms with van der Waals surface area (Å²) in [6, 6.07) is 23.1. The third-order valence-electron chi connectivity index (χ3n) is 7.47. The Kier molecular flexibility index (Phi) is 5.45. The number of benzene rings is 4. The van der Waals surface area contributed by atoms with Gasteiger partial charge in [0.15, 0.2) is 6.29 Å². The summed E-state index contributed by atoms with van der Waals surface area (Å²) in [6.45, 7) is 0. The van der Waals surface area contributed by atoms with Gasteiger partial charge < -0.3 is 5.32 Å². The number of amides is 3. The first-order valence-electron chi connectivity index (χ1n) is 12.6. The van der Waals surface area contributed by atoms with E-state index in [2.05, 4.69) is 5.32 Å². The smallest absolute Gasteiger partial charge is 0.261 e. The van der Waals surface area contributed by atoms with Crippen molar-refractivity contribution in [3.63, 3.8) is 0 Å². The summed E-state index contributed by atoms with van der Waals surface area (Å²) in [6.07, 6.45) is 0.724. The fourth-order valence-electron chi connectivity index (χ4n) is 5.56. The maximum Gasteiger partial charge on any atom is 0.261 e. The van der Waals surface area contributed by atoms with Gasteiger partial charge in [-0.25, -0.2) is 0 Å². The number of carbonyl (C=O) groups excluding carboxylic acids is 4. The average molecular weight is 561 g/mol. The van der Waals surface area contributed by atoms with Gasteiger partial charge in [-0.15, -0.1) is 22.7 Å². The molecular formula is C32H20N2O4S2. The SMILES string of the molecule is CNC(=O)c1cc(-c2cc3ccccc3s2)c2c3c(cc(-c4cc5ccccc5s4)c(C=O)c13)C(=O)N(C)C2=O. The number of fused-ring (bicyclic) bond motifs is 2. The Balaban J connectivity index is 1.66. The molecule has 0 spiro atoms. The number of nitrogens with one attached hydrogen (secondary N) is 1. The number of carbonyl (C=O) groups is 4. The van der Waals surface area contributed by atoms with Gasteiger partial charge in [-0.3, -0.25) is 24.1 Å². The van der Waals surface area contributed by atoms with E-state index in [1.54, 1.807) is 12.1 Å². The predicted molar refractivity (Wildman–Crippen MR) is 161 cm³/mol. The van der Waals surface area contributed by atoms with Gasteiger partial charge in [0.2, 0.25) is 0 Å². The minimum absolute atomic E-state index is 0.241. The van der Waals surface area contributed by atoms with E-state index in [-0.39, 0.29) is 11.1 Å². The van der Waals surface area contributed by atoms with Gasteiger partial charge >= 0.3 is 0 Å². The van der Waals surface area contributed by atoms with Crippen molar-refractivity contribution in [2.45, 2.75) is 0 Å². The summed E-state index contributed by atoms with van der Waals surface area (Å²) in [5, 5.41) is 5.37. The van der Waals surface area contributed by atoms with Crippen molar-refractivity contribution >= 4 is 77.6 Å². The molecule has 0 aliphatic carbocycles. The van der Waals surface area contributed by atoms with Crippen molar-refractivity contribution in [1.29, 1.82) is 0 Å². The van der Waals surface area contributed by atoms with Gasteiger partial charge in [-0.05, 0) is 47.2 Å². The van der Waals surface area contributed by atoms with Crippen LogP contribution in [0, 0.1) is 0 Å². The lowest BCUT2D eigenvalue weighted by Gasteiger charge is -2.28. The molecule has 3 amide bonds.